The zero-order chi connectivity index (χ0) is 10.4. The van der Waals surface area contributed by atoms with E-state index in [0.29, 0.717) is 0 Å². The highest BCUT2D eigenvalue weighted by molar-refractivity contribution is 5.71. The molecule has 14 heavy (non-hydrogen) atoms. The second-order valence-corrected chi connectivity index (χ2v) is 3.52. The fraction of sp³-hybridized carbons (Fsp3) is 0.308. The first-order valence-corrected chi connectivity index (χ1v) is 4.86. The molecule has 74 valence electrons. The van der Waals surface area contributed by atoms with Gasteiger partial charge in [-0.25, -0.2) is 0 Å². The number of allylic oxidation sites excluding steroid dienone is 2. The maximum atomic E-state index is 3.94. The summed E-state index contributed by atoms with van der Waals surface area (Å²) >= 11 is 0. The molecule has 0 aromatic heterocycles. The Balaban J connectivity index is 2.74. The van der Waals surface area contributed by atoms with E-state index in [2.05, 4.69) is 49.2 Å². The molecule has 0 bridgehead atoms. The lowest BCUT2D eigenvalue weighted by atomic mass is 10.0. The lowest BCUT2D eigenvalue weighted by Gasteiger charge is -2.04. The van der Waals surface area contributed by atoms with Gasteiger partial charge in [0.15, 0.2) is 0 Å². The summed E-state index contributed by atoms with van der Waals surface area (Å²) in [6, 6.07) is 8.49. The van der Waals surface area contributed by atoms with Crippen molar-refractivity contribution in [3.8, 4) is 0 Å². The molecule has 0 N–H and O–H groups in total. The van der Waals surface area contributed by atoms with Gasteiger partial charge in [0.1, 0.15) is 0 Å². The van der Waals surface area contributed by atoms with Crippen LogP contribution in [0.25, 0.3) is 0 Å². The minimum Gasteiger partial charge on any atom is -0.297 e. The Hall–Kier alpha value is -1.37. The number of hydrogen-bond acceptors (Lipinski definition) is 1. The number of benzene rings is 1. The topological polar surface area (TPSA) is 12.4 Å². The van der Waals surface area contributed by atoms with E-state index >= 15 is 0 Å². The molecule has 0 spiro atoms. The number of rotatable bonds is 3. The van der Waals surface area contributed by atoms with Gasteiger partial charge in [0.2, 0.25) is 0 Å². The van der Waals surface area contributed by atoms with Crippen molar-refractivity contribution in [2.75, 3.05) is 7.05 Å². The number of nitrogens with zero attached hydrogens (tertiary/aromatic N) is 1. The Morgan fingerprint density at radius 3 is 2.71 bits per heavy atom. The molecule has 0 unspecified atom stereocenters. The van der Waals surface area contributed by atoms with Crippen LogP contribution >= 0.6 is 0 Å². The molecule has 0 aliphatic heterocycles. The van der Waals surface area contributed by atoms with Crippen LogP contribution in [0, 0.1) is 6.92 Å². The predicted octanol–water partition coefficient (Wildman–Crippen LogP) is 3.18. The van der Waals surface area contributed by atoms with Gasteiger partial charge in [-0.2, -0.15) is 0 Å². The van der Waals surface area contributed by atoms with Crippen molar-refractivity contribution in [2.24, 2.45) is 4.99 Å². The zero-order valence-corrected chi connectivity index (χ0v) is 9.12. The molecule has 0 radical (unpaired) electrons. The van der Waals surface area contributed by atoms with Crippen molar-refractivity contribution >= 4 is 6.21 Å². The average molecular weight is 187 g/mol. The molecule has 1 heteroatoms. The summed E-state index contributed by atoms with van der Waals surface area (Å²) in [5.74, 6) is 0. The van der Waals surface area contributed by atoms with Crippen LogP contribution in [0.5, 0.6) is 0 Å². The van der Waals surface area contributed by atoms with Crippen molar-refractivity contribution in [2.45, 2.75) is 20.3 Å². The van der Waals surface area contributed by atoms with Gasteiger partial charge in [-0.15, -0.1) is 0 Å². The van der Waals surface area contributed by atoms with Crippen LogP contribution in [-0.4, -0.2) is 13.3 Å². The Kier molecular flexibility index (Phi) is 4.11. The van der Waals surface area contributed by atoms with Crippen molar-refractivity contribution in [3.05, 3.63) is 47.0 Å². The third-order valence-corrected chi connectivity index (χ3v) is 2.24. The van der Waals surface area contributed by atoms with E-state index < -0.39 is 0 Å². The molecule has 1 nitrogen and oxygen atoms in total. The van der Waals surface area contributed by atoms with Crippen molar-refractivity contribution in [1.29, 1.82) is 0 Å². The van der Waals surface area contributed by atoms with E-state index in [-0.39, 0.29) is 0 Å². The molecule has 0 amide bonds. The number of aryl methyl sites for hydroxylation is 1. The summed E-state index contributed by atoms with van der Waals surface area (Å²) in [6.07, 6.45) is 4.92. The van der Waals surface area contributed by atoms with Crippen molar-refractivity contribution < 1.29 is 0 Å². The maximum absolute atomic E-state index is 3.94. The van der Waals surface area contributed by atoms with E-state index in [9.17, 15) is 0 Å². The van der Waals surface area contributed by atoms with Crippen LogP contribution in [0.4, 0.5) is 0 Å². The molecule has 0 fully saturated rings. The van der Waals surface area contributed by atoms with E-state index in [1.54, 1.807) is 7.05 Å². The smallest absolute Gasteiger partial charge is 0.0277 e. The SMILES string of the molecule is CN=C/C=C(/C)Cc1ccccc1C. The van der Waals surface area contributed by atoms with Gasteiger partial charge in [-0.1, -0.05) is 29.8 Å². The van der Waals surface area contributed by atoms with Gasteiger partial charge in [0, 0.05) is 13.3 Å². The summed E-state index contributed by atoms with van der Waals surface area (Å²) in [5.41, 5.74) is 4.09. The Labute approximate surface area is 86.2 Å². The van der Waals surface area contributed by atoms with Crippen molar-refractivity contribution in [1.82, 2.24) is 0 Å². The summed E-state index contributed by atoms with van der Waals surface area (Å²) in [7, 11) is 1.79. The lowest BCUT2D eigenvalue weighted by molar-refractivity contribution is 1.12. The Bertz CT molecular complexity index is 348. The van der Waals surface area contributed by atoms with Crippen molar-refractivity contribution in [3.63, 3.8) is 0 Å². The van der Waals surface area contributed by atoms with E-state index in [0.717, 1.165) is 6.42 Å². The number of aliphatic imine (C=N–C) groups is 1. The highest BCUT2D eigenvalue weighted by atomic mass is 14.6. The molecule has 0 aliphatic rings. The zero-order valence-electron chi connectivity index (χ0n) is 9.12. The van der Waals surface area contributed by atoms with Crippen LogP contribution in [0.15, 0.2) is 40.9 Å². The van der Waals surface area contributed by atoms with Crippen LogP contribution in [0.1, 0.15) is 18.1 Å². The average Bonchev–Trinajstić information content (AvgIpc) is 2.18. The first kappa shape index (κ1) is 10.7. The number of hydrogen-bond donors (Lipinski definition) is 0. The van der Waals surface area contributed by atoms with Crippen LogP contribution in [0.3, 0.4) is 0 Å². The van der Waals surface area contributed by atoms with Gasteiger partial charge in [0.25, 0.3) is 0 Å². The standard InChI is InChI=1S/C13H17N/c1-11(8-9-14-3)10-13-7-5-4-6-12(13)2/h4-9H,10H2,1-3H3/b11-8-,14-9?. The highest BCUT2D eigenvalue weighted by Crippen LogP contribution is 2.11. The fourth-order valence-corrected chi connectivity index (χ4v) is 1.37. The molecule has 0 heterocycles. The molecule has 0 atom stereocenters. The summed E-state index contributed by atoms with van der Waals surface area (Å²) in [4.78, 5) is 3.94. The van der Waals surface area contributed by atoms with Crippen LogP contribution < -0.4 is 0 Å². The Morgan fingerprint density at radius 1 is 1.36 bits per heavy atom. The minimum atomic E-state index is 1.01. The monoisotopic (exact) mass is 187 g/mol. The van der Waals surface area contributed by atoms with Gasteiger partial charge in [-0.3, -0.25) is 4.99 Å². The van der Waals surface area contributed by atoms with Gasteiger partial charge < -0.3 is 0 Å². The molecule has 0 saturated carbocycles. The van der Waals surface area contributed by atoms with Gasteiger partial charge >= 0.3 is 0 Å². The van der Waals surface area contributed by atoms with E-state index in [1.807, 2.05) is 6.21 Å². The third-order valence-electron chi connectivity index (χ3n) is 2.24. The molecular weight excluding hydrogens is 170 g/mol. The Morgan fingerprint density at radius 2 is 2.07 bits per heavy atom. The van der Waals surface area contributed by atoms with Crippen LogP contribution in [0.2, 0.25) is 0 Å². The minimum absolute atomic E-state index is 1.01. The van der Waals surface area contributed by atoms with Gasteiger partial charge in [-0.05, 0) is 37.5 Å². The van der Waals surface area contributed by atoms with Gasteiger partial charge in [0.05, 0.1) is 0 Å². The summed E-state index contributed by atoms with van der Waals surface area (Å²) in [5, 5.41) is 0. The second-order valence-electron chi connectivity index (χ2n) is 3.52. The molecule has 1 aromatic rings. The summed E-state index contributed by atoms with van der Waals surface area (Å²) < 4.78 is 0. The first-order chi connectivity index (χ1) is 6.74. The third kappa shape index (κ3) is 3.17. The van der Waals surface area contributed by atoms with E-state index in [4.69, 9.17) is 0 Å². The predicted molar refractivity (Wildman–Crippen MR) is 63.1 cm³/mol. The fourth-order valence-electron chi connectivity index (χ4n) is 1.37. The molecule has 1 aromatic carbocycles. The lowest BCUT2D eigenvalue weighted by Crippen LogP contribution is -1.90. The molecule has 0 saturated heterocycles. The molecule has 1 rings (SSSR count). The maximum Gasteiger partial charge on any atom is 0.0277 e. The molecule has 0 aliphatic carbocycles. The second kappa shape index (κ2) is 5.38. The highest BCUT2D eigenvalue weighted by Gasteiger charge is 1.96. The largest absolute Gasteiger partial charge is 0.297 e. The normalized spacial score (nSPS) is 12.4. The first-order valence-electron chi connectivity index (χ1n) is 4.86. The quantitative estimate of drug-likeness (QED) is 0.644. The molecular formula is C13H17N. The van der Waals surface area contributed by atoms with E-state index in [1.165, 1.54) is 16.7 Å². The van der Waals surface area contributed by atoms with Crippen LogP contribution in [-0.2, 0) is 6.42 Å². The summed E-state index contributed by atoms with van der Waals surface area (Å²) in [6.45, 7) is 4.28.